The van der Waals surface area contributed by atoms with Crippen molar-refractivity contribution in [2.45, 2.75) is 5.75 Å². The molecule has 0 saturated heterocycles. The summed E-state index contributed by atoms with van der Waals surface area (Å²) < 4.78 is 10.4. The van der Waals surface area contributed by atoms with Crippen LogP contribution < -0.4 is 20.9 Å². The van der Waals surface area contributed by atoms with Gasteiger partial charge in [0.25, 0.3) is 0 Å². The van der Waals surface area contributed by atoms with Crippen LogP contribution in [-0.4, -0.2) is 30.3 Å². The van der Waals surface area contributed by atoms with Crippen LogP contribution in [0.5, 0.6) is 11.5 Å². The molecule has 0 amide bonds. The lowest BCUT2D eigenvalue weighted by Gasteiger charge is -2.10. The molecule has 0 aliphatic heterocycles. The Morgan fingerprint density at radius 2 is 2.17 bits per heavy atom. The van der Waals surface area contributed by atoms with Gasteiger partial charge in [0, 0.05) is 18.0 Å². The first-order valence-electron chi connectivity index (χ1n) is 4.95. The fourth-order valence-corrected chi connectivity index (χ4v) is 1.89. The minimum Gasteiger partial charge on any atom is -0.493 e. The van der Waals surface area contributed by atoms with Crippen LogP contribution in [-0.2, 0) is 5.75 Å². The Hall–Kier alpha value is -1.96. The number of thioether (sulfide) groups is 1. The summed E-state index contributed by atoms with van der Waals surface area (Å²) in [6.07, 6.45) is 1.61. The standard InChI is InChI=1S/C10H15N5O2S/c1-16-7-3-4-14-6(8(7)17-2)5-18-10(13)15-9(11)12/h3-4H,5H2,1-2H3,(H5,11,12,13,15). The topological polar surface area (TPSA) is 120 Å². The van der Waals surface area contributed by atoms with Gasteiger partial charge in [0.05, 0.1) is 19.9 Å². The molecule has 98 valence electrons. The van der Waals surface area contributed by atoms with Gasteiger partial charge in [-0.05, 0) is 0 Å². The van der Waals surface area contributed by atoms with E-state index < -0.39 is 0 Å². The van der Waals surface area contributed by atoms with Crippen LogP contribution in [0.3, 0.4) is 0 Å². The molecular weight excluding hydrogens is 254 g/mol. The summed E-state index contributed by atoms with van der Waals surface area (Å²) in [6.45, 7) is 0. The van der Waals surface area contributed by atoms with E-state index in [1.54, 1.807) is 19.4 Å². The minimum absolute atomic E-state index is 0.0154. The van der Waals surface area contributed by atoms with E-state index >= 15 is 0 Å². The number of hydrogen-bond donors (Lipinski definition) is 3. The van der Waals surface area contributed by atoms with Crippen molar-refractivity contribution in [1.29, 1.82) is 5.41 Å². The number of rotatable bonds is 4. The van der Waals surface area contributed by atoms with E-state index in [0.717, 1.165) is 11.8 Å². The molecule has 7 nitrogen and oxygen atoms in total. The molecule has 1 heterocycles. The zero-order valence-corrected chi connectivity index (χ0v) is 11.0. The number of hydrogen-bond acceptors (Lipinski definition) is 5. The van der Waals surface area contributed by atoms with Gasteiger partial charge in [0.15, 0.2) is 22.6 Å². The van der Waals surface area contributed by atoms with E-state index in [1.165, 1.54) is 7.11 Å². The summed E-state index contributed by atoms with van der Waals surface area (Å²) in [5, 5.41) is 7.53. The molecule has 5 N–H and O–H groups in total. The molecule has 0 spiro atoms. The van der Waals surface area contributed by atoms with Crippen molar-refractivity contribution in [3.63, 3.8) is 0 Å². The number of nitrogens with one attached hydrogen (secondary N) is 1. The zero-order chi connectivity index (χ0) is 13.5. The number of nitrogens with zero attached hydrogens (tertiary/aromatic N) is 2. The average molecular weight is 269 g/mol. The molecule has 0 radical (unpaired) electrons. The molecule has 1 rings (SSSR count). The van der Waals surface area contributed by atoms with Gasteiger partial charge >= 0.3 is 0 Å². The lowest BCUT2D eigenvalue weighted by atomic mass is 10.3. The van der Waals surface area contributed by atoms with Crippen LogP contribution in [0.25, 0.3) is 0 Å². The van der Waals surface area contributed by atoms with E-state index in [9.17, 15) is 0 Å². The first-order valence-corrected chi connectivity index (χ1v) is 5.94. The van der Waals surface area contributed by atoms with Crippen molar-refractivity contribution in [2.24, 2.45) is 16.5 Å². The van der Waals surface area contributed by atoms with Crippen molar-refractivity contribution < 1.29 is 9.47 Å². The monoisotopic (exact) mass is 269 g/mol. The number of methoxy groups -OCH3 is 2. The van der Waals surface area contributed by atoms with E-state index in [-0.39, 0.29) is 11.1 Å². The third-order valence-electron chi connectivity index (χ3n) is 1.94. The normalized spacial score (nSPS) is 9.67. The molecule has 0 saturated carbocycles. The molecule has 0 unspecified atom stereocenters. The number of aliphatic imine (C=N–C) groups is 1. The third-order valence-corrected chi connectivity index (χ3v) is 2.72. The second-order valence-corrected chi connectivity index (χ2v) is 4.09. The number of nitrogens with two attached hydrogens (primary N) is 2. The van der Waals surface area contributed by atoms with Gasteiger partial charge in [0.1, 0.15) is 0 Å². The van der Waals surface area contributed by atoms with Crippen molar-refractivity contribution in [2.75, 3.05) is 14.2 Å². The first-order chi connectivity index (χ1) is 8.58. The maximum Gasteiger partial charge on any atom is 0.193 e. The van der Waals surface area contributed by atoms with E-state index in [2.05, 4.69) is 9.98 Å². The van der Waals surface area contributed by atoms with Crippen LogP contribution in [0, 0.1) is 5.41 Å². The summed E-state index contributed by atoms with van der Waals surface area (Å²) in [5.41, 5.74) is 11.0. The van der Waals surface area contributed by atoms with Crippen LogP contribution in [0.4, 0.5) is 0 Å². The largest absolute Gasteiger partial charge is 0.493 e. The van der Waals surface area contributed by atoms with E-state index in [0.29, 0.717) is 22.9 Å². The van der Waals surface area contributed by atoms with Crippen molar-refractivity contribution in [3.8, 4) is 11.5 Å². The van der Waals surface area contributed by atoms with Crippen LogP contribution >= 0.6 is 11.8 Å². The molecule has 18 heavy (non-hydrogen) atoms. The first kappa shape index (κ1) is 14.1. The summed E-state index contributed by atoms with van der Waals surface area (Å²) in [5.74, 6) is 1.41. The molecule has 0 bridgehead atoms. The predicted octanol–water partition coefficient (Wildman–Crippen LogP) is 0.540. The van der Waals surface area contributed by atoms with E-state index in [1.807, 2.05) is 0 Å². The molecule has 8 heteroatoms. The molecular formula is C10H15N5O2S. The number of ether oxygens (including phenoxy) is 2. The van der Waals surface area contributed by atoms with Gasteiger partial charge in [-0.25, -0.2) is 0 Å². The van der Waals surface area contributed by atoms with E-state index in [4.69, 9.17) is 26.4 Å². The molecule has 0 atom stereocenters. The highest BCUT2D eigenvalue weighted by atomic mass is 32.2. The van der Waals surface area contributed by atoms with Crippen LogP contribution in [0.1, 0.15) is 5.69 Å². The van der Waals surface area contributed by atoms with Gasteiger partial charge in [-0.15, -0.1) is 0 Å². The lowest BCUT2D eigenvalue weighted by Crippen LogP contribution is -2.23. The Kier molecular flexibility index (Phi) is 5.25. The fraction of sp³-hybridized carbons (Fsp3) is 0.300. The van der Waals surface area contributed by atoms with Gasteiger partial charge in [-0.3, -0.25) is 10.4 Å². The highest BCUT2D eigenvalue weighted by molar-refractivity contribution is 8.13. The Morgan fingerprint density at radius 1 is 1.44 bits per heavy atom. The average Bonchev–Trinajstić information content (AvgIpc) is 2.34. The number of pyridine rings is 1. The molecule has 0 aliphatic carbocycles. The second kappa shape index (κ2) is 6.70. The van der Waals surface area contributed by atoms with Gasteiger partial charge in [-0.1, -0.05) is 11.8 Å². The third kappa shape index (κ3) is 3.81. The van der Waals surface area contributed by atoms with Crippen molar-refractivity contribution in [1.82, 2.24) is 4.98 Å². The molecule has 0 aromatic carbocycles. The maximum absolute atomic E-state index is 7.51. The van der Waals surface area contributed by atoms with Crippen LogP contribution in [0.15, 0.2) is 17.3 Å². The summed E-state index contributed by atoms with van der Waals surface area (Å²) in [6, 6.07) is 1.70. The highest BCUT2D eigenvalue weighted by Gasteiger charge is 2.11. The fourth-order valence-electron chi connectivity index (χ4n) is 1.24. The zero-order valence-electron chi connectivity index (χ0n) is 10.1. The number of guanidine groups is 1. The maximum atomic E-state index is 7.51. The second-order valence-electron chi connectivity index (χ2n) is 3.12. The molecule has 1 aromatic heterocycles. The summed E-state index contributed by atoms with van der Waals surface area (Å²) >= 11 is 1.14. The summed E-state index contributed by atoms with van der Waals surface area (Å²) in [7, 11) is 3.09. The van der Waals surface area contributed by atoms with Gasteiger partial charge in [0.2, 0.25) is 0 Å². The highest BCUT2D eigenvalue weighted by Crippen LogP contribution is 2.31. The predicted molar refractivity (Wildman–Crippen MR) is 72.2 cm³/mol. The Balaban J connectivity index is 2.79. The summed E-state index contributed by atoms with van der Waals surface area (Å²) in [4.78, 5) is 7.78. The quantitative estimate of drug-likeness (QED) is 0.542. The van der Waals surface area contributed by atoms with Crippen molar-refractivity contribution in [3.05, 3.63) is 18.0 Å². The number of amidine groups is 1. The number of aromatic nitrogens is 1. The minimum atomic E-state index is -0.141. The molecule has 0 aliphatic rings. The van der Waals surface area contributed by atoms with Crippen LogP contribution in [0.2, 0.25) is 0 Å². The Morgan fingerprint density at radius 3 is 2.72 bits per heavy atom. The molecule has 0 fully saturated rings. The van der Waals surface area contributed by atoms with Gasteiger partial charge in [-0.2, -0.15) is 4.99 Å². The molecule has 1 aromatic rings. The van der Waals surface area contributed by atoms with Crippen molar-refractivity contribution >= 4 is 22.9 Å². The lowest BCUT2D eigenvalue weighted by molar-refractivity contribution is 0.350. The Labute approximate surface area is 109 Å². The SMILES string of the molecule is COc1ccnc(CSC(=N)N=C(N)N)c1OC. The Bertz CT molecular complexity index is 460. The smallest absolute Gasteiger partial charge is 0.193 e. The van der Waals surface area contributed by atoms with Gasteiger partial charge < -0.3 is 20.9 Å².